The average molecular weight is 242 g/mol. The lowest BCUT2D eigenvalue weighted by Crippen LogP contribution is -2.55. The van der Waals surface area contributed by atoms with Crippen molar-refractivity contribution in [3.8, 4) is 0 Å². The van der Waals surface area contributed by atoms with Crippen LogP contribution in [0.1, 0.15) is 33.1 Å². The molecule has 0 spiro atoms. The lowest BCUT2D eigenvalue weighted by atomic mass is 9.68. The molecule has 6 heteroatoms. The Labute approximate surface area is 99.8 Å². The zero-order valence-electron chi connectivity index (χ0n) is 10.1. The van der Waals surface area contributed by atoms with Crippen molar-refractivity contribution in [2.24, 2.45) is 5.41 Å². The van der Waals surface area contributed by atoms with E-state index < -0.39 is 23.3 Å². The standard InChI is InChI=1S/C11H18N2O4/c1-3-12-8(14)7(2)13-9(15)11(10(16)17)5-4-6-11/h7H,3-6H2,1-2H3,(H,12,14)(H,13,15)(H,16,17). The van der Waals surface area contributed by atoms with Crippen molar-refractivity contribution in [1.29, 1.82) is 0 Å². The summed E-state index contributed by atoms with van der Waals surface area (Å²) < 4.78 is 0. The third kappa shape index (κ3) is 2.57. The summed E-state index contributed by atoms with van der Waals surface area (Å²) >= 11 is 0. The monoisotopic (exact) mass is 242 g/mol. The molecule has 1 unspecified atom stereocenters. The molecule has 6 nitrogen and oxygen atoms in total. The highest BCUT2D eigenvalue weighted by Gasteiger charge is 2.51. The molecule has 1 rings (SSSR count). The fourth-order valence-corrected chi connectivity index (χ4v) is 1.80. The lowest BCUT2D eigenvalue weighted by Gasteiger charge is -2.36. The van der Waals surface area contributed by atoms with Crippen molar-refractivity contribution in [3.63, 3.8) is 0 Å². The van der Waals surface area contributed by atoms with Crippen LogP contribution in [0.25, 0.3) is 0 Å². The Kier molecular flexibility index (Phi) is 4.09. The highest BCUT2D eigenvalue weighted by atomic mass is 16.4. The number of carbonyl (C=O) groups excluding carboxylic acids is 2. The van der Waals surface area contributed by atoms with Crippen LogP contribution in [-0.4, -0.2) is 35.5 Å². The maximum Gasteiger partial charge on any atom is 0.319 e. The molecule has 2 amide bonds. The summed E-state index contributed by atoms with van der Waals surface area (Å²) in [5.41, 5.74) is -1.32. The van der Waals surface area contributed by atoms with Gasteiger partial charge in [0.1, 0.15) is 11.5 Å². The molecule has 0 saturated heterocycles. The summed E-state index contributed by atoms with van der Waals surface area (Å²) in [7, 11) is 0. The van der Waals surface area contributed by atoms with Crippen LogP contribution in [0.3, 0.4) is 0 Å². The smallest absolute Gasteiger partial charge is 0.319 e. The van der Waals surface area contributed by atoms with E-state index in [4.69, 9.17) is 5.11 Å². The first kappa shape index (κ1) is 13.5. The van der Waals surface area contributed by atoms with Crippen LogP contribution in [0, 0.1) is 5.41 Å². The Bertz CT molecular complexity index is 336. The Hall–Kier alpha value is -1.59. The van der Waals surface area contributed by atoms with Gasteiger partial charge >= 0.3 is 5.97 Å². The second-order valence-corrected chi connectivity index (χ2v) is 4.33. The first-order valence-corrected chi connectivity index (χ1v) is 5.76. The van der Waals surface area contributed by atoms with Gasteiger partial charge in [-0.05, 0) is 26.7 Å². The van der Waals surface area contributed by atoms with E-state index in [1.807, 2.05) is 0 Å². The Balaban J connectivity index is 2.59. The zero-order chi connectivity index (χ0) is 13.1. The van der Waals surface area contributed by atoms with Gasteiger partial charge in [0, 0.05) is 6.54 Å². The summed E-state index contributed by atoms with van der Waals surface area (Å²) in [4.78, 5) is 34.3. The Morgan fingerprint density at radius 2 is 1.94 bits per heavy atom. The largest absolute Gasteiger partial charge is 0.480 e. The molecule has 0 bridgehead atoms. The summed E-state index contributed by atoms with van der Waals surface area (Å²) in [6.07, 6.45) is 1.42. The second kappa shape index (κ2) is 5.16. The van der Waals surface area contributed by atoms with E-state index in [1.165, 1.54) is 6.92 Å². The van der Waals surface area contributed by atoms with E-state index in [0.29, 0.717) is 19.4 Å². The predicted molar refractivity (Wildman–Crippen MR) is 60.2 cm³/mol. The molecule has 1 fully saturated rings. The van der Waals surface area contributed by atoms with Gasteiger partial charge in [-0.25, -0.2) is 0 Å². The number of carboxylic acid groups (broad SMARTS) is 1. The van der Waals surface area contributed by atoms with E-state index in [0.717, 1.165) is 6.42 Å². The molecule has 1 aliphatic carbocycles. The van der Waals surface area contributed by atoms with Crippen LogP contribution < -0.4 is 10.6 Å². The highest BCUT2D eigenvalue weighted by Crippen LogP contribution is 2.41. The van der Waals surface area contributed by atoms with Crippen LogP contribution in [0.4, 0.5) is 0 Å². The third-order valence-corrected chi connectivity index (χ3v) is 3.14. The van der Waals surface area contributed by atoms with E-state index in [1.54, 1.807) is 6.92 Å². The SMILES string of the molecule is CCNC(=O)C(C)NC(=O)C1(C(=O)O)CCC1. The first-order chi connectivity index (χ1) is 7.94. The number of hydrogen-bond donors (Lipinski definition) is 3. The Morgan fingerprint density at radius 3 is 2.29 bits per heavy atom. The van der Waals surface area contributed by atoms with Crippen molar-refractivity contribution in [3.05, 3.63) is 0 Å². The second-order valence-electron chi connectivity index (χ2n) is 4.33. The van der Waals surface area contributed by atoms with Crippen molar-refractivity contribution >= 4 is 17.8 Å². The van der Waals surface area contributed by atoms with Gasteiger partial charge in [-0.15, -0.1) is 0 Å². The van der Waals surface area contributed by atoms with Crippen LogP contribution in [0.2, 0.25) is 0 Å². The summed E-state index contributed by atoms with van der Waals surface area (Å²) in [5.74, 6) is -1.97. The maximum atomic E-state index is 11.8. The topological polar surface area (TPSA) is 95.5 Å². The number of nitrogens with one attached hydrogen (secondary N) is 2. The van der Waals surface area contributed by atoms with Crippen molar-refractivity contribution in [2.45, 2.75) is 39.2 Å². The molecular formula is C11H18N2O4. The molecule has 0 aromatic carbocycles. The van der Waals surface area contributed by atoms with Crippen LogP contribution >= 0.6 is 0 Å². The van der Waals surface area contributed by atoms with Gasteiger partial charge in [0.15, 0.2) is 0 Å². The fourth-order valence-electron chi connectivity index (χ4n) is 1.80. The molecule has 1 atom stereocenters. The molecule has 17 heavy (non-hydrogen) atoms. The van der Waals surface area contributed by atoms with Gasteiger partial charge < -0.3 is 15.7 Å². The fraction of sp³-hybridized carbons (Fsp3) is 0.727. The van der Waals surface area contributed by atoms with Gasteiger partial charge in [-0.2, -0.15) is 0 Å². The Morgan fingerprint density at radius 1 is 1.35 bits per heavy atom. The van der Waals surface area contributed by atoms with Crippen LogP contribution in [0.5, 0.6) is 0 Å². The molecular weight excluding hydrogens is 224 g/mol. The number of rotatable bonds is 5. The van der Waals surface area contributed by atoms with Gasteiger partial charge in [0.2, 0.25) is 11.8 Å². The minimum Gasteiger partial charge on any atom is -0.480 e. The molecule has 0 radical (unpaired) electrons. The van der Waals surface area contributed by atoms with E-state index in [2.05, 4.69) is 10.6 Å². The molecule has 0 heterocycles. The van der Waals surface area contributed by atoms with E-state index >= 15 is 0 Å². The molecule has 0 aromatic rings. The first-order valence-electron chi connectivity index (χ1n) is 5.76. The summed E-state index contributed by atoms with van der Waals surface area (Å²) in [6, 6.07) is -0.709. The number of aliphatic carboxylic acids is 1. The van der Waals surface area contributed by atoms with Gasteiger partial charge in [0.05, 0.1) is 0 Å². The van der Waals surface area contributed by atoms with E-state index in [9.17, 15) is 14.4 Å². The van der Waals surface area contributed by atoms with Gasteiger partial charge in [0.25, 0.3) is 0 Å². The molecule has 1 saturated carbocycles. The van der Waals surface area contributed by atoms with Crippen molar-refractivity contribution < 1.29 is 19.5 Å². The van der Waals surface area contributed by atoms with Crippen molar-refractivity contribution in [2.75, 3.05) is 6.54 Å². The zero-order valence-corrected chi connectivity index (χ0v) is 10.1. The summed E-state index contributed by atoms with van der Waals surface area (Å²) in [5, 5.41) is 14.1. The predicted octanol–water partition coefficient (Wildman–Crippen LogP) is -0.118. The molecule has 96 valence electrons. The number of hydrogen-bond acceptors (Lipinski definition) is 3. The average Bonchev–Trinajstić information content (AvgIpc) is 2.15. The third-order valence-electron chi connectivity index (χ3n) is 3.14. The molecule has 3 N–H and O–H groups in total. The quantitative estimate of drug-likeness (QED) is 0.586. The van der Waals surface area contributed by atoms with Crippen LogP contribution in [-0.2, 0) is 14.4 Å². The maximum absolute atomic E-state index is 11.8. The number of likely N-dealkylation sites (N-methyl/N-ethyl adjacent to an activating group) is 1. The molecule has 0 aliphatic heterocycles. The minimum absolute atomic E-state index is 0.305. The minimum atomic E-state index is -1.32. The number of carbonyl (C=O) groups is 3. The number of amides is 2. The molecule has 1 aliphatic rings. The normalized spacial score (nSPS) is 18.7. The molecule has 0 aromatic heterocycles. The lowest BCUT2D eigenvalue weighted by molar-refractivity contribution is -0.162. The van der Waals surface area contributed by atoms with Crippen LogP contribution in [0.15, 0.2) is 0 Å². The van der Waals surface area contributed by atoms with Gasteiger partial charge in [-0.3, -0.25) is 14.4 Å². The van der Waals surface area contributed by atoms with Gasteiger partial charge in [-0.1, -0.05) is 6.42 Å². The highest BCUT2D eigenvalue weighted by molar-refractivity contribution is 6.04. The van der Waals surface area contributed by atoms with Crippen molar-refractivity contribution in [1.82, 2.24) is 10.6 Å². The number of carboxylic acids is 1. The van der Waals surface area contributed by atoms with E-state index in [-0.39, 0.29) is 5.91 Å². The summed E-state index contributed by atoms with van der Waals surface area (Å²) in [6.45, 7) is 3.79.